The number of nitrogens with two attached hydrogens (primary N) is 1. The molecule has 21 heavy (non-hydrogen) atoms. The maximum Gasteiger partial charge on any atom is 0.396 e. The van der Waals surface area contributed by atoms with Crippen LogP contribution in [0.4, 0.5) is 13.2 Å². The summed E-state index contributed by atoms with van der Waals surface area (Å²) < 4.78 is 44.2. The molecule has 0 radical (unpaired) electrons. The van der Waals surface area contributed by atoms with Gasteiger partial charge >= 0.3 is 6.18 Å². The topological polar surface area (TPSA) is 64.4 Å². The predicted octanol–water partition coefficient (Wildman–Crippen LogP) is 1.59. The van der Waals surface area contributed by atoms with Crippen molar-refractivity contribution in [3.63, 3.8) is 0 Å². The number of nitrogens with one attached hydrogen (secondary N) is 1. The zero-order valence-electron chi connectivity index (χ0n) is 11.8. The summed E-state index contributed by atoms with van der Waals surface area (Å²) >= 11 is 0. The first kappa shape index (κ1) is 15.1. The molecule has 120 valence electrons. The molecule has 7 heteroatoms. The van der Waals surface area contributed by atoms with Crippen LogP contribution in [0.2, 0.25) is 0 Å². The van der Waals surface area contributed by atoms with E-state index in [2.05, 4.69) is 5.32 Å². The Hall–Kier alpha value is -0.820. The number of hydrogen-bond donors (Lipinski definition) is 2. The van der Waals surface area contributed by atoms with E-state index in [0.717, 1.165) is 32.5 Å². The summed E-state index contributed by atoms with van der Waals surface area (Å²) in [6.07, 6.45) is -1.70. The molecule has 3 atom stereocenters. The van der Waals surface area contributed by atoms with Gasteiger partial charge in [-0.25, -0.2) is 0 Å². The zero-order chi connectivity index (χ0) is 15.3. The van der Waals surface area contributed by atoms with Crippen molar-refractivity contribution in [1.29, 1.82) is 0 Å². The molecule has 1 aliphatic heterocycles. The first-order valence-electron chi connectivity index (χ1n) is 7.55. The largest absolute Gasteiger partial charge is 0.396 e. The van der Waals surface area contributed by atoms with Gasteiger partial charge in [0, 0.05) is 19.3 Å². The van der Waals surface area contributed by atoms with Gasteiger partial charge in [0.05, 0.1) is 11.5 Å². The molecule has 1 saturated heterocycles. The number of carbonyl (C=O) groups excluding carboxylic acids is 1. The molecule has 3 rings (SSSR count). The van der Waals surface area contributed by atoms with Gasteiger partial charge in [-0.1, -0.05) is 0 Å². The molecule has 1 amide bonds. The van der Waals surface area contributed by atoms with E-state index in [4.69, 9.17) is 10.5 Å². The smallest absolute Gasteiger partial charge is 0.381 e. The van der Waals surface area contributed by atoms with Crippen LogP contribution in [0, 0.1) is 17.3 Å². The number of rotatable bonds is 4. The Balaban J connectivity index is 1.51. The van der Waals surface area contributed by atoms with Crippen LogP contribution >= 0.6 is 0 Å². The molecule has 0 aromatic rings. The third-order valence-electron chi connectivity index (χ3n) is 5.27. The fraction of sp³-hybridized carbons (Fsp3) is 0.929. The second-order valence-electron chi connectivity index (χ2n) is 6.60. The monoisotopic (exact) mass is 306 g/mol. The zero-order valence-corrected chi connectivity index (χ0v) is 11.8. The van der Waals surface area contributed by atoms with Crippen LogP contribution in [0.15, 0.2) is 0 Å². The highest BCUT2D eigenvalue weighted by Gasteiger charge is 2.68. The first-order valence-corrected chi connectivity index (χ1v) is 7.55. The van der Waals surface area contributed by atoms with E-state index in [0.29, 0.717) is 11.8 Å². The van der Waals surface area contributed by atoms with Crippen molar-refractivity contribution in [3.8, 4) is 0 Å². The maximum atomic E-state index is 13.0. The summed E-state index contributed by atoms with van der Waals surface area (Å²) in [6, 6.07) is -1.48. The van der Waals surface area contributed by atoms with E-state index >= 15 is 0 Å². The van der Waals surface area contributed by atoms with Gasteiger partial charge in [-0.3, -0.25) is 4.79 Å². The Morgan fingerprint density at radius 2 is 1.90 bits per heavy atom. The van der Waals surface area contributed by atoms with Crippen molar-refractivity contribution in [1.82, 2.24) is 5.32 Å². The first-order chi connectivity index (χ1) is 9.85. The minimum Gasteiger partial charge on any atom is -0.381 e. The van der Waals surface area contributed by atoms with Crippen molar-refractivity contribution in [2.45, 2.75) is 50.4 Å². The summed E-state index contributed by atoms with van der Waals surface area (Å²) in [5, 5.41) is 2.71. The van der Waals surface area contributed by atoms with E-state index in [-0.39, 0.29) is 18.9 Å². The van der Waals surface area contributed by atoms with Crippen molar-refractivity contribution in [3.05, 3.63) is 0 Å². The summed E-state index contributed by atoms with van der Waals surface area (Å²) in [7, 11) is 0. The molecule has 2 aliphatic carbocycles. The Kier molecular flexibility index (Phi) is 3.68. The summed E-state index contributed by atoms with van der Waals surface area (Å²) in [5.41, 5.74) is 3.61. The lowest BCUT2D eigenvalue weighted by Crippen LogP contribution is -2.52. The van der Waals surface area contributed by atoms with Crippen LogP contribution in [0.1, 0.15) is 32.1 Å². The predicted molar refractivity (Wildman–Crippen MR) is 69.3 cm³/mol. The van der Waals surface area contributed by atoms with E-state index in [1.807, 2.05) is 0 Å². The van der Waals surface area contributed by atoms with Gasteiger partial charge in [0.25, 0.3) is 0 Å². The highest BCUT2D eigenvalue weighted by atomic mass is 19.4. The van der Waals surface area contributed by atoms with Gasteiger partial charge in [-0.2, -0.15) is 13.2 Å². The number of amides is 1. The Morgan fingerprint density at radius 3 is 2.43 bits per heavy atom. The third kappa shape index (κ3) is 2.77. The second-order valence-corrected chi connectivity index (χ2v) is 6.60. The Labute approximate surface area is 121 Å². The average molecular weight is 306 g/mol. The minimum absolute atomic E-state index is 0.00400. The number of carbonyl (C=O) groups is 1. The molecule has 3 N–H and O–H groups in total. The summed E-state index contributed by atoms with van der Waals surface area (Å²) in [5.74, 6) is 0.244. The summed E-state index contributed by atoms with van der Waals surface area (Å²) in [4.78, 5) is 12.0. The number of ether oxygens (including phenoxy) is 1. The highest BCUT2D eigenvalue weighted by Crippen LogP contribution is 2.59. The normalized spacial score (nSPS) is 33.3. The van der Waals surface area contributed by atoms with Crippen molar-refractivity contribution in [2.24, 2.45) is 23.0 Å². The molecule has 1 unspecified atom stereocenters. The maximum absolute atomic E-state index is 13.0. The van der Waals surface area contributed by atoms with Gasteiger partial charge in [-0.15, -0.1) is 0 Å². The van der Waals surface area contributed by atoms with E-state index in [1.54, 1.807) is 0 Å². The molecule has 0 aromatic heterocycles. The molecule has 0 spiro atoms. The quantitative estimate of drug-likeness (QED) is 0.829. The molecular formula is C14H21F3N2O2. The van der Waals surface area contributed by atoms with Gasteiger partial charge in [0.2, 0.25) is 5.91 Å². The minimum atomic E-state index is -4.40. The standard InChI is InChI=1S/C14H21F3N2O2/c15-14(16,17)13(3-4-13)11(18)12(20)19-10-7-9(10)8-1-5-21-6-2-8/h8-11H,1-7,18H2,(H,19,20)/t9-,10+,11?/m0/s1. The average Bonchev–Trinajstić information content (AvgIpc) is 3.32. The van der Waals surface area contributed by atoms with Crippen LogP contribution in [0.3, 0.4) is 0 Å². The van der Waals surface area contributed by atoms with Crippen molar-refractivity contribution < 1.29 is 22.7 Å². The van der Waals surface area contributed by atoms with E-state index < -0.39 is 23.5 Å². The lowest BCUT2D eigenvalue weighted by molar-refractivity contribution is -0.194. The third-order valence-corrected chi connectivity index (χ3v) is 5.27. The van der Waals surface area contributed by atoms with Crippen LogP contribution < -0.4 is 11.1 Å². The van der Waals surface area contributed by atoms with Gasteiger partial charge in [-0.05, 0) is 43.9 Å². The van der Waals surface area contributed by atoms with Gasteiger partial charge in [0.1, 0.15) is 0 Å². The number of halogens is 3. The van der Waals surface area contributed by atoms with Gasteiger partial charge < -0.3 is 15.8 Å². The number of alkyl halides is 3. The molecule has 4 nitrogen and oxygen atoms in total. The molecule has 2 saturated carbocycles. The fourth-order valence-electron chi connectivity index (χ4n) is 3.47. The number of hydrogen-bond acceptors (Lipinski definition) is 3. The SMILES string of the molecule is NC(C(=O)N[C@@H]1C[C@H]1C1CCOCC1)C1(C(F)(F)F)CC1. The van der Waals surface area contributed by atoms with E-state index in [1.165, 1.54) is 0 Å². The van der Waals surface area contributed by atoms with E-state index in [9.17, 15) is 18.0 Å². The molecule has 3 aliphatic rings. The molecule has 0 bridgehead atoms. The molecule has 1 heterocycles. The van der Waals surface area contributed by atoms with Crippen molar-refractivity contribution >= 4 is 5.91 Å². The van der Waals surface area contributed by atoms with Crippen LogP contribution in [-0.4, -0.2) is 37.4 Å². The van der Waals surface area contributed by atoms with Crippen LogP contribution in [0.5, 0.6) is 0 Å². The van der Waals surface area contributed by atoms with Crippen LogP contribution in [-0.2, 0) is 9.53 Å². The lowest BCUT2D eigenvalue weighted by atomic mass is 9.94. The van der Waals surface area contributed by atoms with Gasteiger partial charge in [0.15, 0.2) is 0 Å². The Bertz CT molecular complexity index is 417. The highest BCUT2D eigenvalue weighted by molar-refractivity contribution is 5.83. The van der Waals surface area contributed by atoms with Crippen LogP contribution in [0.25, 0.3) is 0 Å². The fourth-order valence-corrected chi connectivity index (χ4v) is 3.47. The summed E-state index contributed by atoms with van der Waals surface area (Å²) in [6.45, 7) is 1.47. The second kappa shape index (κ2) is 5.12. The van der Waals surface area contributed by atoms with Crippen molar-refractivity contribution in [2.75, 3.05) is 13.2 Å². The molecule has 0 aromatic carbocycles. The Morgan fingerprint density at radius 1 is 1.29 bits per heavy atom. The molecule has 3 fully saturated rings. The molecular weight excluding hydrogens is 285 g/mol. The lowest BCUT2D eigenvalue weighted by Gasteiger charge is -2.26.